The number of ether oxygens (including phenoxy) is 1. The molecule has 66 valence electrons. The molecule has 0 aromatic heterocycles. The third-order valence-electron chi connectivity index (χ3n) is 2.24. The summed E-state index contributed by atoms with van der Waals surface area (Å²) >= 11 is 0. The number of hydrogen-bond donors (Lipinski definition) is 0. The van der Waals surface area contributed by atoms with Gasteiger partial charge in [-0.25, -0.2) is 0 Å². The predicted molar refractivity (Wildman–Crippen MR) is 49.6 cm³/mol. The van der Waals surface area contributed by atoms with E-state index in [4.69, 9.17) is 10.00 Å². The van der Waals surface area contributed by atoms with Crippen molar-refractivity contribution in [1.82, 2.24) is 0 Å². The molecule has 1 atom stereocenters. The molecule has 2 rings (SSSR count). The maximum atomic E-state index is 8.54. The molecule has 1 aromatic carbocycles. The summed E-state index contributed by atoms with van der Waals surface area (Å²) in [6.45, 7) is 2.06. The Kier molecular flexibility index (Phi) is 1.94. The first kappa shape index (κ1) is 8.12. The molecule has 1 heterocycles. The average molecular weight is 173 g/mol. The molecule has 0 bridgehead atoms. The van der Waals surface area contributed by atoms with Gasteiger partial charge in [0.25, 0.3) is 0 Å². The van der Waals surface area contributed by atoms with Crippen LogP contribution in [0.25, 0.3) is 0 Å². The van der Waals surface area contributed by atoms with Crippen molar-refractivity contribution in [2.45, 2.75) is 25.9 Å². The first-order valence-electron chi connectivity index (χ1n) is 4.45. The SMILES string of the molecule is CC1Cc2cc(CC#N)ccc2O1. The van der Waals surface area contributed by atoms with E-state index in [1.165, 1.54) is 5.56 Å². The number of benzene rings is 1. The van der Waals surface area contributed by atoms with Crippen molar-refractivity contribution in [1.29, 1.82) is 5.26 Å². The first-order valence-corrected chi connectivity index (χ1v) is 4.45. The van der Waals surface area contributed by atoms with E-state index in [0.717, 1.165) is 17.7 Å². The standard InChI is InChI=1S/C11H11NO/c1-8-6-10-7-9(4-5-12)2-3-11(10)13-8/h2-3,7-8H,4,6H2,1H3. The Morgan fingerprint density at radius 2 is 2.46 bits per heavy atom. The molecule has 2 heteroatoms. The number of rotatable bonds is 1. The van der Waals surface area contributed by atoms with Gasteiger partial charge in [0.1, 0.15) is 11.9 Å². The molecule has 1 aliphatic heterocycles. The Morgan fingerprint density at radius 1 is 1.62 bits per heavy atom. The van der Waals surface area contributed by atoms with Crippen LogP contribution in [0.3, 0.4) is 0 Å². The highest BCUT2D eigenvalue weighted by atomic mass is 16.5. The summed E-state index contributed by atoms with van der Waals surface area (Å²) in [5, 5.41) is 8.54. The second kappa shape index (κ2) is 3.10. The Hall–Kier alpha value is -1.49. The smallest absolute Gasteiger partial charge is 0.123 e. The topological polar surface area (TPSA) is 33.0 Å². The fourth-order valence-corrected chi connectivity index (χ4v) is 1.68. The largest absolute Gasteiger partial charge is 0.490 e. The van der Waals surface area contributed by atoms with E-state index in [0.29, 0.717) is 6.42 Å². The molecule has 13 heavy (non-hydrogen) atoms. The van der Waals surface area contributed by atoms with Crippen LogP contribution < -0.4 is 4.74 Å². The van der Waals surface area contributed by atoms with Gasteiger partial charge < -0.3 is 4.74 Å². The van der Waals surface area contributed by atoms with Crippen LogP contribution in [0.4, 0.5) is 0 Å². The number of hydrogen-bond acceptors (Lipinski definition) is 2. The Bertz CT molecular complexity index is 365. The van der Waals surface area contributed by atoms with E-state index in [1.54, 1.807) is 0 Å². The van der Waals surface area contributed by atoms with Crippen LogP contribution in [0.15, 0.2) is 18.2 Å². The van der Waals surface area contributed by atoms with E-state index >= 15 is 0 Å². The molecular formula is C11H11NO. The van der Waals surface area contributed by atoms with Gasteiger partial charge in [-0.15, -0.1) is 0 Å². The molecule has 1 aromatic rings. The summed E-state index contributed by atoms with van der Waals surface area (Å²) in [6.07, 6.45) is 1.74. The van der Waals surface area contributed by atoms with Crippen molar-refractivity contribution in [2.24, 2.45) is 0 Å². The van der Waals surface area contributed by atoms with Crippen LogP contribution in [0.1, 0.15) is 18.1 Å². The van der Waals surface area contributed by atoms with Crippen LogP contribution in [-0.2, 0) is 12.8 Å². The molecule has 0 saturated carbocycles. The van der Waals surface area contributed by atoms with E-state index < -0.39 is 0 Å². The summed E-state index contributed by atoms with van der Waals surface area (Å²) in [5.41, 5.74) is 2.32. The molecule has 0 amide bonds. The van der Waals surface area contributed by atoms with Gasteiger partial charge in [-0.3, -0.25) is 0 Å². The van der Waals surface area contributed by atoms with Gasteiger partial charge in [0.2, 0.25) is 0 Å². The zero-order chi connectivity index (χ0) is 9.26. The van der Waals surface area contributed by atoms with Gasteiger partial charge >= 0.3 is 0 Å². The molecule has 1 aliphatic rings. The van der Waals surface area contributed by atoms with Crippen molar-refractivity contribution in [3.05, 3.63) is 29.3 Å². The fraction of sp³-hybridized carbons (Fsp3) is 0.364. The minimum absolute atomic E-state index is 0.285. The molecule has 0 saturated heterocycles. The Labute approximate surface area is 77.8 Å². The summed E-state index contributed by atoms with van der Waals surface area (Å²) in [5.74, 6) is 0.981. The van der Waals surface area contributed by atoms with Gasteiger partial charge in [-0.2, -0.15) is 5.26 Å². The monoisotopic (exact) mass is 173 g/mol. The van der Waals surface area contributed by atoms with Crippen LogP contribution in [0.2, 0.25) is 0 Å². The third-order valence-corrected chi connectivity index (χ3v) is 2.24. The third kappa shape index (κ3) is 1.50. The fourth-order valence-electron chi connectivity index (χ4n) is 1.68. The first-order chi connectivity index (χ1) is 6.29. The van der Waals surface area contributed by atoms with Gasteiger partial charge in [0.15, 0.2) is 0 Å². The predicted octanol–water partition coefficient (Wildman–Crippen LogP) is 2.08. The molecular weight excluding hydrogens is 162 g/mol. The molecule has 2 nitrogen and oxygen atoms in total. The summed E-state index contributed by atoms with van der Waals surface area (Å²) in [4.78, 5) is 0. The number of nitriles is 1. The van der Waals surface area contributed by atoms with Crippen LogP contribution in [0, 0.1) is 11.3 Å². The van der Waals surface area contributed by atoms with Crippen molar-refractivity contribution in [2.75, 3.05) is 0 Å². The lowest BCUT2D eigenvalue weighted by molar-refractivity contribution is 0.254. The normalized spacial score (nSPS) is 18.9. The van der Waals surface area contributed by atoms with Crippen LogP contribution >= 0.6 is 0 Å². The zero-order valence-electron chi connectivity index (χ0n) is 7.58. The van der Waals surface area contributed by atoms with E-state index in [2.05, 4.69) is 19.1 Å². The molecule has 0 spiro atoms. The van der Waals surface area contributed by atoms with Crippen molar-refractivity contribution < 1.29 is 4.74 Å². The summed E-state index contributed by atoms with van der Waals surface area (Å²) in [6, 6.07) is 8.14. The minimum atomic E-state index is 0.285. The average Bonchev–Trinajstić information content (AvgIpc) is 2.44. The lowest BCUT2D eigenvalue weighted by Crippen LogP contribution is -2.05. The van der Waals surface area contributed by atoms with E-state index in [1.807, 2.05) is 12.1 Å². The van der Waals surface area contributed by atoms with Gasteiger partial charge in [-0.05, 0) is 24.1 Å². The summed E-state index contributed by atoms with van der Waals surface area (Å²) < 4.78 is 5.56. The van der Waals surface area contributed by atoms with E-state index in [9.17, 15) is 0 Å². The van der Waals surface area contributed by atoms with Crippen molar-refractivity contribution in [3.63, 3.8) is 0 Å². The number of fused-ring (bicyclic) bond motifs is 1. The van der Waals surface area contributed by atoms with E-state index in [-0.39, 0.29) is 6.10 Å². The zero-order valence-corrected chi connectivity index (χ0v) is 7.58. The maximum absolute atomic E-state index is 8.54. The van der Waals surface area contributed by atoms with Gasteiger partial charge in [0.05, 0.1) is 12.5 Å². The Morgan fingerprint density at radius 3 is 3.23 bits per heavy atom. The molecule has 0 aliphatic carbocycles. The van der Waals surface area contributed by atoms with Gasteiger partial charge in [-0.1, -0.05) is 12.1 Å². The number of nitrogens with zero attached hydrogens (tertiary/aromatic N) is 1. The molecule has 0 N–H and O–H groups in total. The lowest BCUT2D eigenvalue weighted by atomic mass is 10.1. The van der Waals surface area contributed by atoms with Crippen LogP contribution in [-0.4, -0.2) is 6.10 Å². The van der Waals surface area contributed by atoms with Crippen molar-refractivity contribution in [3.8, 4) is 11.8 Å². The highest BCUT2D eigenvalue weighted by Crippen LogP contribution is 2.29. The van der Waals surface area contributed by atoms with Crippen LogP contribution in [0.5, 0.6) is 5.75 Å². The Balaban J connectivity index is 2.30. The second-order valence-electron chi connectivity index (χ2n) is 3.41. The highest BCUT2D eigenvalue weighted by molar-refractivity contribution is 5.41. The maximum Gasteiger partial charge on any atom is 0.123 e. The molecule has 1 unspecified atom stereocenters. The minimum Gasteiger partial charge on any atom is -0.490 e. The highest BCUT2D eigenvalue weighted by Gasteiger charge is 2.18. The molecule has 0 radical (unpaired) electrons. The summed E-state index contributed by atoms with van der Waals surface area (Å²) in [7, 11) is 0. The molecule has 0 fully saturated rings. The van der Waals surface area contributed by atoms with Gasteiger partial charge in [0, 0.05) is 6.42 Å². The quantitative estimate of drug-likeness (QED) is 0.651. The second-order valence-corrected chi connectivity index (χ2v) is 3.41. The van der Waals surface area contributed by atoms with Crippen molar-refractivity contribution >= 4 is 0 Å². The lowest BCUT2D eigenvalue weighted by Gasteiger charge is -2.01.